The number of aromatic nitrogens is 4. The van der Waals surface area contributed by atoms with Crippen LogP contribution in [0, 0.1) is 20.8 Å². The van der Waals surface area contributed by atoms with Crippen molar-refractivity contribution in [1.29, 1.82) is 0 Å². The second-order valence-electron chi connectivity index (χ2n) is 5.22. The molecule has 0 radical (unpaired) electrons. The number of rotatable bonds is 2. The summed E-state index contributed by atoms with van der Waals surface area (Å²) in [6.45, 7) is 6.20. The number of anilines is 1. The summed E-state index contributed by atoms with van der Waals surface area (Å²) in [7, 11) is 0. The van der Waals surface area contributed by atoms with E-state index in [2.05, 4.69) is 48.2 Å². The number of nitrogen functional groups attached to an aromatic ring is 1. The Bertz CT molecular complexity index is 767. The molecule has 0 saturated heterocycles. The highest BCUT2D eigenvalue weighted by Gasteiger charge is 2.16. The number of pyridine rings is 1. The number of nitrogens with zero attached hydrogens (tertiary/aromatic N) is 4. The number of hydrogen-bond acceptors (Lipinski definition) is 4. The van der Waals surface area contributed by atoms with Crippen molar-refractivity contribution in [2.45, 2.75) is 20.8 Å². The van der Waals surface area contributed by atoms with Crippen LogP contribution in [0.1, 0.15) is 16.7 Å². The van der Waals surface area contributed by atoms with Crippen molar-refractivity contribution in [2.24, 2.45) is 0 Å². The Morgan fingerprint density at radius 2 is 1.62 bits per heavy atom. The molecule has 0 saturated carbocycles. The highest BCUT2D eigenvalue weighted by molar-refractivity contribution is 5.71. The first kappa shape index (κ1) is 13.3. The van der Waals surface area contributed by atoms with E-state index in [1.165, 1.54) is 5.56 Å². The van der Waals surface area contributed by atoms with Crippen LogP contribution in [-0.2, 0) is 0 Å². The van der Waals surface area contributed by atoms with E-state index in [0.29, 0.717) is 11.5 Å². The van der Waals surface area contributed by atoms with Gasteiger partial charge in [-0.15, -0.1) is 5.10 Å². The van der Waals surface area contributed by atoms with Gasteiger partial charge in [0.15, 0.2) is 5.82 Å². The molecular formula is C16H17N5. The fourth-order valence-electron chi connectivity index (χ4n) is 2.68. The van der Waals surface area contributed by atoms with Crippen LogP contribution in [0.4, 0.5) is 5.82 Å². The van der Waals surface area contributed by atoms with Crippen LogP contribution >= 0.6 is 0 Å². The molecule has 0 aliphatic carbocycles. The quantitative estimate of drug-likeness (QED) is 0.783. The molecule has 2 heterocycles. The Kier molecular flexibility index (Phi) is 3.17. The lowest BCUT2D eigenvalue weighted by molar-refractivity contribution is 0.800. The Morgan fingerprint density at radius 1 is 1.00 bits per heavy atom. The lowest BCUT2D eigenvalue weighted by Gasteiger charge is -2.12. The van der Waals surface area contributed by atoms with Crippen LogP contribution in [0.25, 0.3) is 16.9 Å². The molecule has 0 aliphatic rings. The largest absolute Gasteiger partial charge is 0.382 e. The SMILES string of the molecule is Cc1cc(C)c(-n2nnc(-c3ccncc3)c2N)c(C)c1. The zero-order valence-electron chi connectivity index (χ0n) is 12.3. The average Bonchev–Trinajstić information content (AvgIpc) is 2.81. The molecule has 3 rings (SSSR count). The normalized spacial score (nSPS) is 10.8. The van der Waals surface area contributed by atoms with Gasteiger partial charge in [0, 0.05) is 18.0 Å². The van der Waals surface area contributed by atoms with Gasteiger partial charge >= 0.3 is 0 Å². The lowest BCUT2D eigenvalue weighted by atomic mass is 10.1. The first-order chi connectivity index (χ1) is 10.1. The molecule has 106 valence electrons. The summed E-state index contributed by atoms with van der Waals surface area (Å²) < 4.78 is 1.71. The third-order valence-electron chi connectivity index (χ3n) is 3.51. The van der Waals surface area contributed by atoms with Gasteiger partial charge < -0.3 is 5.73 Å². The average molecular weight is 279 g/mol. The van der Waals surface area contributed by atoms with E-state index in [9.17, 15) is 0 Å². The van der Waals surface area contributed by atoms with Crippen LogP contribution in [-0.4, -0.2) is 20.0 Å². The summed E-state index contributed by atoms with van der Waals surface area (Å²) in [6, 6.07) is 7.99. The molecule has 0 spiro atoms. The Hall–Kier alpha value is -2.69. The topological polar surface area (TPSA) is 69.6 Å². The van der Waals surface area contributed by atoms with Crippen molar-refractivity contribution in [3.8, 4) is 16.9 Å². The minimum absolute atomic E-state index is 0.538. The van der Waals surface area contributed by atoms with Gasteiger partial charge in [-0.1, -0.05) is 22.9 Å². The minimum atomic E-state index is 0.538. The summed E-state index contributed by atoms with van der Waals surface area (Å²) in [5.41, 5.74) is 12.3. The van der Waals surface area contributed by atoms with E-state index in [0.717, 1.165) is 22.4 Å². The Balaban J connectivity index is 2.16. The van der Waals surface area contributed by atoms with E-state index < -0.39 is 0 Å². The van der Waals surface area contributed by atoms with E-state index >= 15 is 0 Å². The molecule has 5 heteroatoms. The highest BCUT2D eigenvalue weighted by Crippen LogP contribution is 2.28. The first-order valence-corrected chi connectivity index (χ1v) is 6.77. The number of nitrogens with two attached hydrogens (primary N) is 1. The molecule has 1 aromatic carbocycles. The van der Waals surface area contributed by atoms with Gasteiger partial charge in [-0.3, -0.25) is 4.98 Å². The smallest absolute Gasteiger partial charge is 0.155 e. The number of hydrogen-bond donors (Lipinski definition) is 1. The third-order valence-corrected chi connectivity index (χ3v) is 3.51. The molecule has 0 fully saturated rings. The number of benzene rings is 1. The molecule has 0 bridgehead atoms. The molecule has 2 aromatic heterocycles. The van der Waals surface area contributed by atoms with Crippen molar-refractivity contribution < 1.29 is 0 Å². The molecule has 5 nitrogen and oxygen atoms in total. The van der Waals surface area contributed by atoms with E-state index in [4.69, 9.17) is 5.73 Å². The Morgan fingerprint density at radius 3 is 2.24 bits per heavy atom. The van der Waals surface area contributed by atoms with Gasteiger partial charge in [0.1, 0.15) is 5.69 Å². The van der Waals surface area contributed by atoms with Crippen LogP contribution in [0.3, 0.4) is 0 Å². The Labute approximate surface area is 123 Å². The first-order valence-electron chi connectivity index (χ1n) is 6.77. The van der Waals surface area contributed by atoms with Crippen molar-refractivity contribution in [3.05, 3.63) is 53.3 Å². The summed E-state index contributed by atoms with van der Waals surface area (Å²) in [6.07, 6.45) is 3.44. The zero-order valence-corrected chi connectivity index (χ0v) is 12.3. The van der Waals surface area contributed by atoms with Crippen molar-refractivity contribution in [2.75, 3.05) is 5.73 Å². The molecule has 0 amide bonds. The minimum Gasteiger partial charge on any atom is -0.382 e. The summed E-state index contributed by atoms with van der Waals surface area (Å²) >= 11 is 0. The van der Waals surface area contributed by atoms with Crippen molar-refractivity contribution in [3.63, 3.8) is 0 Å². The van der Waals surface area contributed by atoms with Gasteiger partial charge in [-0.05, 0) is 44.0 Å². The molecule has 21 heavy (non-hydrogen) atoms. The monoisotopic (exact) mass is 279 g/mol. The fraction of sp³-hybridized carbons (Fsp3) is 0.188. The molecule has 3 aromatic rings. The summed E-state index contributed by atoms with van der Waals surface area (Å²) in [5, 5.41) is 8.46. The maximum atomic E-state index is 6.26. The van der Waals surface area contributed by atoms with E-state index in [-0.39, 0.29) is 0 Å². The summed E-state index contributed by atoms with van der Waals surface area (Å²) in [4.78, 5) is 4.01. The van der Waals surface area contributed by atoms with Crippen molar-refractivity contribution in [1.82, 2.24) is 20.0 Å². The molecular weight excluding hydrogens is 262 g/mol. The molecule has 2 N–H and O–H groups in total. The predicted molar refractivity (Wildman–Crippen MR) is 83.2 cm³/mol. The second kappa shape index (κ2) is 5.01. The number of aryl methyl sites for hydroxylation is 3. The van der Waals surface area contributed by atoms with Crippen LogP contribution in [0.15, 0.2) is 36.7 Å². The lowest BCUT2D eigenvalue weighted by Crippen LogP contribution is -2.06. The molecule has 0 aliphatic heterocycles. The van der Waals surface area contributed by atoms with Crippen LogP contribution < -0.4 is 5.73 Å². The third kappa shape index (κ3) is 2.27. The predicted octanol–water partition coefficient (Wildman–Crippen LogP) is 2.84. The zero-order chi connectivity index (χ0) is 15.0. The van der Waals surface area contributed by atoms with E-state index in [1.54, 1.807) is 17.1 Å². The van der Waals surface area contributed by atoms with Gasteiger partial charge in [0.25, 0.3) is 0 Å². The fourth-order valence-corrected chi connectivity index (χ4v) is 2.68. The maximum Gasteiger partial charge on any atom is 0.155 e. The molecule has 0 atom stereocenters. The van der Waals surface area contributed by atoms with Gasteiger partial charge in [0.05, 0.1) is 5.69 Å². The van der Waals surface area contributed by atoms with Gasteiger partial charge in [-0.25, -0.2) is 0 Å². The maximum absolute atomic E-state index is 6.26. The van der Waals surface area contributed by atoms with Gasteiger partial charge in [-0.2, -0.15) is 4.68 Å². The standard InChI is InChI=1S/C16H17N5/c1-10-8-11(2)15(12(3)9-10)21-16(17)14(19-20-21)13-4-6-18-7-5-13/h4-9H,17H2,1-3H3. The van der Waals surface area contributed by atoms with Crippen LogP contribution in [0.5, 0.6) is 0 Å². The highest BCUT2D eigenvalue weighted by atomic mass is 15.5. The molecule has 0 unspecified atom stereocenters. The second-order valence-corrected chi connectivity index (χ2v) is 5.22. The summed E-state index contributed by atoms with van der Waals surface area (Å²) in [5.74, 6) is 0.538. The van der Waals surface area contributed by atoms with Gasteiger partial charge in [0.2, 0.25) is 0 Å². The van der Waals surface area contributed by atoms with Crippen LogP contribution in [0.2, 0.25) is 0 Å². The van der Waals surface area contributed by atoms with Crippen molar-refractivity contribution >= 4 is 5.82 Å². The van der Waals surface area contributed by atoms with E-state index in [1.807, 2.05) is 12.1 Å².